The van der Waals surface area contributed by atoms with Gasteiger partial charge in [0.05, 0.1) is 6.42 Å². The van der Waals surface area contributed by atoms with E-state index in [9.17, 15) is 14.4 Å². The van der Waals surface area contributed by atoms with E-state index in [1.54, 1.807) is 0 Å². The highest BCUT2D eigenvalue weighted by molar-refractivity contribution is 5.99. The first-order valence-corrected chi connectivity index (χ1v) is 10.7. The molecule has 0 aliphatic carbocycles. The van der Waals surface area contributed by atoms with Crippen LogP contribution in [0, 0.1) is 0 Å². The van der Waals surface area contributed by atoms with Crippen molar-refractivity contribution in [3.63, 3.8) is 0 Å². The number of ketones is 1. The third-order valence-corrected chi connectivity index (χ3v) is 4.72. The highest BCUT2D eigenvalue weighted by Crippen LogP contribution is 2.12. The maximum absolute atomic E-state index is 11.8. The Kier molecular flexibility index (Phi) is 17.0. The fraction of sp³-hybridized carbons (Fsp3) is 0.857. The minimum absolute atomic E-state index is 0.0615. The molecule has 0 aromatic rings. The quantitative estimate of drug-likeness (QED) is 0.230. The van der Waals surface area contributed by atoms with Gasteiger partial charge in [0.15, 0.2) is 0 Å². The number of carboxylic acid groups (broad SMARTS) is 1. The Morgan fingerprint density at radius 1 is 0.815 bits per heavy atom. The van der Waals surface area contributed by atoms with Crippen LogP contribution in [-0.2, 0) is 14.4 Å². The zero-order chi connectivity index (χ0) is 20.3. The van der Waals surface area contributed by atoms with Crippen molar-refractivity contribution in [2.75, 3.05) is 6.61 Å². The molecular formula is C21H39NO5. The number of nitrogens with one attached hydrogen (secondary N) is 1. The molecule has 0 heterocycles. The van der Waals surface area contributed by atoms with Gasteiger partial charge in [-0.15, -0.1) is 0 Å². The monoisotopic (exact) mass is 385 g/mol. The van der Waals surface area contributed by atoms with Crippen molar-refractivity contribution in [3.05, 3.63) is 0 Å². The lowest BCUT2D eigenvalue weighted by Crippen LogP contribution is -2.42. The Balaban J connectivity index is 3.55. The summed E-state index contributed by atoms with van der Waals surface area (Å²) in [5, 5.41) is 20.0. The summed E-state index contributed by atoms with van der Waals surface area (Å²) in [5.74, 6) is -1.95. The van der Waals surface area contributed by atoms with Crippen molar-refractivity contribution in [1.29, 1.82) is 0 Å². The van der Waals surface area contributed by atoms with Crippen molar-refractivity contribution in [1.82, 2.24) is 5.32 Å². The summed E-state index contributed by atoms with van der Waals surface area (Å²) < 4.78 is 0. The van der Waals surface area contributed by atoms with Crippen LogP contribution in [0.25, 0.3) is 0 Å². The second-order valence-corrected chi connectivity index (χ2v) is 7.33. The largest absolute Gasteiger partial charge is 0.480 e. The number of rotatable bonds is 19. The smallest absolute Gasteiger partial charge is 0.326 e. The second kappa shape index (κ2) is 18.0. The molecule has 0 fully saturated rings. The van der Waals surface area contributed by atoms with Gasteiger partial charge in [-0.1, -0.05) is 77.6 Å². The van der Waals surface area contributed by atoms with Crippen molar-refractivity contribution >= 4 is 17.7 Å². The molecule has 1 amide bonds. The molecule has 158 valence electrons. The van der Waals surface area contributed by atoms with E-state index >= 15 is 0 Å². The summed E-state index contributed by atoms with van der Waals surface area (Å²) in [5.41, 5.74) is 0. The van der Waals surface area contributed by atoms with Crippen LogP contribution in [0.5, 0.6) is 0 Å². The normalized spacial score (nSPS) is 11.9. The highest BCUT2D eigenvalue weighted by Gasteiger charge is 2.20. The first-order chi connectivity index (χ1) is 13.0. The van der Waals surface area contributed by atoms with Crippen LogP contribution in [0.2, 0.25) is 0 Å². The molecule has 3 N–H and O–H groups in total. The van der Waals surface area contributed by atoms with Crippen LogP contribution in [0.1, 0.15) is 103 Å². The van der Waals surface area contributed by atoms with Gasteiger partial charge >= 0.3 is 5.97 Å². The van der Waals surface area contributed by atoms with Gasteiger partial charge < -0.3 is 15.5 Å². The molecule has 0 rings (SSSR count). The lowest BCUT2D eigenvalue weighted by atomic mass is 10.0. The molecule has 1 atom stereocenters. The van der Waals surface area contributed by atoms with E-state index < -0.39 is 17.9 Å². The zero-order valence-corrected chi connectivity index (χ0v) is 17.0. The Morgan fingerprint density at radius 3 is 1.74 bits per heavy atom. The van der Waals surface area contributed by atoms with Crippen LogP contribution in [0.15, 0.2) is 0 Å². The van der Waals surface area contributed by atoms with Gasteiger partial charge in [-0.05, 0) is 6.42 Å². The van der Waals surface area contributed by atoms with Crippen molar-refractivity contribution in [2.24, 2.45) is 0 Å². The molecule has 0 unspecified atom stereocenters. The number of carboxylic acids is 1. The Morgan fingerprint density at radius 2 is 1.30 bits per heavy atom. The standard InChI is InChI=1S/C21H39NO5/c1-2-3-4-5-6-7-8-9-10-11-12-13-14-18(24)17-20(25)22-19(15-16-23)21(26)27/h19,23H,2-17H2,1H3,(H,22,25)(H,26,27)/t19-/m0/s1. The second-order valence-electron chi connectivity index (χ2n) is 7.33. The molecule has 0 saturated carbocycles. The van der Waals surface area contributed by atoms with E-state index in [1.165, 1.54) is 57.8 Å². The molecule has 27 heavy (non-hydrogen) atoms. The first-order valence-electron chi connectivity index (χ1n) is 10.7. The molecule has 0 saturated heterocycles. The van der Waals surface area contributed by atoms with Crippen LogP contribution in [-0.4, -0.2) is 40.5 Å². The van der Waals surface area contributed by atoms with Gasteiger partial charge in [0.1, 0.15) is 11.8 Å². The summed E-state index contributed by atoms with van der Waals surface area (Å²) >= 11 is 0. The zero-order valence-electron chi connectivity index (χ0n) is 17.0. The third-order valence-electron chi connectivity index (χ3n) is 4.72. The molecule has 6 heteroatoms. The number of carbonyl (C=O) groups excluding carboxylic acids is 2. The molecule has 6 nitrogen and oxygen atoms in total. The Hall–Kier alpha value is -1.43. The number of aliphatic hydroxyl groups is 1. The average molecular weight is 386 g/mol. The third kappa shape index (κ3) is 16.5. The highest BCUT2D eigenvalue weighted by atomic mass is 16.4. The van der Waals surface area contributed by atoms with E-state index in [0.717, 1.165) is 19.3 Å². The molecular weight excluding hydrogens is 346 g/mol. The molecule has 0 bridgehead atoms. The van der Waals surface area contributed by atoms with Crippen molar-refractivity contribution in [2.45, 2.75) is 109 Å². The number of aliphatic hydroxyl groups excluding tert-OH is 1. The molecule has 0 aromatic heterocycles. The lowest BCUT2D eigenvalue weighted by molar-refractivity contribution is -0.143. The van der Waals surface area contributed by atoms with Crippen LogP contribution >= 0.6 is 0 Å². The van der Waals surface area contributed by atoms with Gasteiger partial charge in [-0.3, -0.25) is 9.59 Å². The predicted octanol–water partition coefficient (Wildman–Crippen LogP) is 3.99. The van der Waals surface area contributed by atoms with E-state index in [-0.39, 0.29) is 25.2 Å². The fourth-order valence-electron chi connectivity index (χ4n) is 3.06. The van der Waals surface area contributed by atoms with Crippen LogP contribution < -0.4 is 5.32 Å². The van der Waals surface area contributed by atoms with Gasteiger partial charge in [0.2, 0.25) is 5.91 Å². The Bertz CT molecular complexity index is 411. The van der Waals surface area contributed by atoms with Crippen molar-refractivity contribution in [3.8, 4) is 0 Å². The number of aliphatic carboxylic acids is 1. The summed E-state index contributed by atoms with van der Waals surface area (Å²) in [6, 6.07) is -1.14. The molecule has 0 spiro atoms. The summed E-state index contributed by atoms with van der Waals surface area (Å²) in [7, 11) is 0. The number of carbonyl (C=O) groups is 3. The minimum atomic E-state index is -1.20. The first kappa shape index (κ1) is 25.6. The SMILES string of the molecule is CCCCCCCCCCCCCCC(=O)CC(=O)N[C@@H](CCO)C(=O)O. The van der Waals surface area contributed by atoms with Crippen LogP contribution in [0.4, 0.5) is 0 Å². The van der Waals surface area contributed by atoms with Gasteiger partial charge in [-0.2, -0.15) is 0 Å². The summed E-state index contributed by atoms with van der Waals surface area (Å²) in [4.78, 5) is 34.4. The fourth-order valence-corrected chi connectivity index (χ4v) is 3.06. The lowest BCUT2D eigenvalue weighted by Gasteiger charge is -2.12. The maximum Gasteiger partial charge on any atom is 0.326 e. The van der Waals surface area contributed by atoms with Gasteiger partial charge in [-0.25, -0.2) is 4.79 Å². The molecule has 0 aromatic carbocycles. The number of unbranched alkanes of at least 4 members (excludes halogenated alkanes) is 11. The summed E-state index contributed by atoms with van der Waals surface area (Å²) in [6.45, 7) is 1.90. The number of hydrogen-bond acceptors (Lipinski definition) is 4. The van der Waals surface area contributed by atoms with Crippen LogP contribution in [0.3, 0.4) is 0 Å². The van der Waals surface area contributed by atoms with Gasteiger partial charge in [0, 0.05) is 19.4 Å². The number of amides is 1. The number of hydrogen-bond donors (Lipinski definition) is 3. The van der Waals surface area contributed by atoms with E-state index in [1.807, 2.05) is 0 Å². The molecule has 0 aliphatic heterocycles. The number of Topliss-reactive ketones (excluding diaryl/α,β-unsaturated/α-hetero) is 1. The van der Waals surface area contributed by atoms with E-state index in [2.05, 4.69) is 12.2 Å². The maximum atomic E-state index is 11.8. The topological polar surface area (TPSA) is 104 Å². The minimum Gasteiger partial charge on any atom is -0.480 e. The van der Waals surface area contributed by atoms with E-state index in [0.29, 0.717) is 6.42 Å². The Labute approximate surface area is 164 Å². The van der Waals surface area contributed by atoms with E-state index in [4.69, 9.17) is 10.2 Å². The summed E-state index contributed by atoms with van der Waals surface area (Å²) in [6.07, 6.45) is 14.7. The van der Waals surface area contributed by atoms with Gasteiger partial charge in [0.25, 0.3) is 0 Å². The predicted molar refractivity (Wildman–Crippen MR) is 107 cm³/mol. The molecule has 0 aliphatic rings. The molecule has 0 radical (unpaired) electrons. The average Bonchev–Trinajstić information content (AvgIpc) is 2.62. The van der Waals surface area contributed by atoms with Crippen molar-refractivity contribution < 1.29 is 24.6 Å².